The highest BCUT2D eigenvalue weighted by Gasteiger charge is 2.20. The maximum absolute atomic E-state index is 9.48. The van der Waals surface area contributed by atoms with Gasteiger partial charge in [-0.2, -0.15) is 0 Å². The van der Waals surface area contributed by atoms with Gasteiger partial charge in [-0.3, -0.25) is 0 Å². The van der Waals surface area contributed by atoms with Crippen molar-refractivity contribution >= 4 is 5.82 Å². The lowest BCUT2D eigenvalue weighted by atomic mass is 10.2. The SMILES string of the molecule is OCc1cccnc1N1CCN(C=C2COc3ccccc3O2)CC1. The minimum Gasteiger partial charge on any atom is -0.482 e. The van der Waals surface area contributed by atoms with Gasteiger partial charge in [0.1, 0.15) is 12.4 Å². The Bertz CT molecular complexity index is 770. The number of pyridine rings is 1. The summed E-state index contributed by atoms with van der Waals surface area (Å²) in [6.07, 6.45) is 3.81. The molecule has 1 aromatic carbocycles. The number of aromatic nitrogens is 1. The van der Waals surface area contributed by atoms with Gasteiger partial charge in [-0.05, 0) is 18.2 Å². The summed E-state index contributed by atoms with van der Waals surface area (Å²) in [5.41, 5.74) is 0.870. The van der Waals surface area contributed by atoms with Crippen molar-refractivity contribution in [2.45, 2.75) is 6.61 Å². The summed E-state index contributed by atoms with van der Waals surface area (Å²) in [5.74, 6) is 3.25. The van der Waals surface area contributed by atoms with Gasteiger partial charge in [0, 0.05) is 44.1 Å². The molecule has 0 amide bonds. The van der Waals surface area contributed by atoms with Crippen LogP contribution in [0.1, 0.15) is 5.56 Å². The highest BCUT2D eigenvalue weighted by Crippen LogP contribution is 2.32. The van der Waals surface area contributed by atoms with Crippen LogP contribution in [0.15, 0.2) is 54.6 Å². The first-order valence-electron chi connectivity index (χ1n) is 8.47. The number of para-hydroxylation sites is 2. The summed E-state index contributed by atoms with van der Waals surface area (Å²) >= 11 is 0. The summed E-state index contributed by atoms with van der Waals surface area (Å²) in [4.78, 5) is 8.88. The molecule has 0 saturated carbocycles. The lowest BCUT2D eigenvalue weighted by Crippen LogP contribution is -2.45. The Balaban J connectivity index is 1.39. The number of ether oxygens (including phenoxy) is 2. The van der Waals surface area contributed by atoms with Crippen molar-refractivity contribution in [2.24, 2.45) is 0 Å². The van der Waals surface area contributed by atoms with E-state index in [2.05, 4.69) is 14.8 Å². The summed E-state index contributed by atoms with van der Waals surface area (Å²) < 4.78 is 11.6. The number of nitrogens with zero attached hydrogens (tertiary/aromatic N) is 3. The van der Waals surface area contributed by atoms with Gasteiger partial charge in [-0.25, -0.2) is 4.98 Å². The lowest BCUT2D eigenvalue weighted by molar-refractivity contribution is 0.219. The zero-order valence-electron chi connectivity index (χ0n) is 14.0. The predicted molar refractivity (Wildman–Crippen MR) is 94.6 cm³/mol. The first kappa shape index (κ1) is 15.8. The third-order valence-electron chi connectivity index (χ3n) is 4.44. The number of aliphatic hydroxyl groups excluding tert-OH is 1. The fraction of sp³-hybridized carbons (Fsp3) is 0.316. The minimum atomic E-state index is 0.0119. The van der Waals surface area contributed by atoms with Gasteiger partial charge >= 0.3 is 0 Å². The van der Waals surface area contributed by atoms with Gasteiger partial charge in [-0.15, -0.1) is 0 Å². The Kier molecular flexibility index (Phi) is 4.43. The average Bonchev–Trinajstić information content (AvgIpc) is 2.68. The van der Waals surface area contributed by atoms with Crippen LogP contribution in [0.2, 0.25) is 0 Å². The fourth-order valence-electron chi connectivity index (χ4n) is 3.14. The molecule has 1 fully saturated rings. The lowest BCUT2D eigenvalue weighted by Gasteiger charge is -2.36. The predicted octanol–water partition coefficient (Wildman–Crippen LogP) is 2.01. The zero-order chi connectivity index (χ0) is 17.1. The number of rotatable bonds is 3. The van der Waals surface area contributed by atoms with Crippen molar-refractivity contribution in [1.82, 2.24) is 9.88 Å². The normalized spacial score (nSPS) is 18.5. The first-order chi connectivity index (χ1) is 12.3. The van der Waals surface area contributed by atoms with Crippen molar-refractivity contribution in [3.05, 3.63) is 60.1 Å². The molecule has 3 heterocycles. The standard InChI is InChI=1S/C19H21N3O3/c23-13-15-4-3-7-20-19(15)22-10-8-21(9-11-22)12-16-14-24-17-5-1-2-6-18(17)25-16/h1-7,12,23H,8-11,13-14H2. The van der Waals surface area contributed by atoms with Crippen molar-refractivity contribution in [3.8, 4) is 11.5 Å². The van der Waals surface area contributed by atoms with Gasteiger partial charge in [0.25, 0.3) is 0 Å². The second kappa shape index (κ2) is 7.03. The second-order valence-corrected chi connectivity index (χ2v) is 6.10. The van der Waals surface area contributed by atoms with E-state index in [0.717, 1.165) is 54.8 Å². The summed E-state index contributed by atoms with van der Waals surface area (Å²) in [6.45, 7) is 3.91. The molecule has 2 aromatic rings. The number of hydrogen-bond donors (Lipinski definition) is 1. The number of piperazine rings is 1. The molecule has 6 heteroatoms. The monoisotopic (exact) mass is 339 g/mol. The molecule has 1 N–H and O–H groups in total. The minimum absolute atomic E-state index is 0.0119. The second-order valence-electron chi connectivity index (χ2n) is 6.10. The van der Waals surface area contributed by atoms with E-state index in [1.807, 2.05) is 42.6 Å². The highest BCUT2D eigenvalue weighted by molar-refractivity contribution is 5.47. The molecule has 0 unspecified atom stereocenters. The summed E-state index contributed by atoms with van der Waals surface area (Å²) in [7, 11) is 0. The Morgan fingerprint density at radius 1 is 1.04 bits per heavy atom. The number of benzene rings is 1. The maximum Gasteiger partial charge on any atom is 0.169 e. The average molecular weight is 339 g/mol. The van der Waals surface area contributed by atoms with Crippen molar-refractivity contribution in [1.29, 1.82) is 0 Å². The third kappa shape index (κ3) is 3.39. The molecule has 0 spiro atoms. The van der Waals surface area contributed by atoms with Gasteiger partial charge in [0.15, 0.2) is 17.3 Å². The number of anilines is 1. The van der Waals surface area contributed by atoms with Crippen LogP contribution in [0.4, 0.5) is 5.82 Å². The van der Waals surface area contributed by atoms with E-state index in [1.165, 1.54) is 0 Å². The van der Waals surface area contributed by atoms with E-state index >= 15 is 0 Å². The van der Waals surface area contributed by atoms with Gasteiger partial charge in [0.2, 0.25) is 0 Å². The van der Waals surface area contributed by atoms with Crippen LogP contribution in [0.5, 0.6) is 11.5 Å². The number of fused-ring (bicyclic) bond motifs is 1. The van der Waals surface area contributed by atoms with Gasteiger partial charge < -0.3 is 24.4 Å². The Hall–Kier alpha value is -2.73. The van der Waals surface area contributed by atoms with Crippen LogP contribution >= 0.6 is 0 Å². The van der Waals surface area contributed by atoms with Crippen molar-refractivity contribution in [3.63, 3.8) is 0 Å². The molecule has 4 rings (SSSR count). The molecule has 0 radical (unpaired) electrons. The molecule has 0 bridgehead atoms. The Morgan fingerprint density at radius 3 is 2.64 bits per heavy atom. The molecule has 130 valence electrons. The quantitative estimate of drug-likeness (QED) is 0.923. The molecule has 1 aromatic heterocycles. The topological polar surface area (TPSA) is 58.1 Å². The van der Waals surface area contributed by atoms with Crippen molar-refractivity contribution in [2.75, 3.05) is 37.7 Å². The first-order valence-corrected chi connectivity index (χ1v) is 8.47. The molecular formula is C19H21N3O3. The van der Waals surface area contributed by atoms with Crippen LogP contribution in [0, 0.1) is 0 Å². The highest BCUT2D eigenvalue weighted by atomic mass is 16.6. The van der Waals surface area contributed by atoms with Crippen LogP contribution in [-0.2, 0) is 6.61 Å². The van der Waals surface area contributed by atoms with E-state index in [4.69, 9.17) is 9.47 Å². The summed E-state index contributed by atoms with van der Waals surface area (Å²) in [5, 5.41) is 9.48. The summed E-state index contributed by atoms with van der Waals surface area (Å²) in [6, 6.07) is 11.5. The fourth-order valence-corrected chi connectivity index (χ4v) is 3.14. The van der Waals surface area contributed by atoms with E-state index in [9.17, 15) is 5.11 Å². The van der Waals surface area contributed by atoms with E-state index in [1.54, 1.807) is 6.20 Å². The van der Waals surface area contributed by atoms with Crippen LogP contribution in [-0.4, -0.2) is 47.8 Å². The third-order valence-corrected chi connectivity index (χ3v) is 4.44. The van der Waals surface area contributed by atoms with Crippen LogP contribution < -0.4 is 14.4 Å². The zero-order valence-corrected chi connectivity index (χ0v) is 14.0. The molecule has 0 atom stereocenters. The Labute approximate surface area is 146 Å². The molecule has 6 nitrogen and oxygen atoms in total. The molecular weight excluding hydrogens is 318 g/mol. The van der Waals surface area contributed by atoms with Gasteiger partial charge in [-0.1, -0.05) is 18.2 Å². The number of aliphatic hydroxyl groups is 1. The maximum atomic E-state index is 9.48. The van der Waals surface area contributed by atoms with E-state index < -0.39 is 0 Å². The molecule has 2 aliphatic rings. The van der Waals surface area contributed by atoms with Gasteiger partial charge in [0.05, 0.1) is 6.61 Å². The Morgan fingerprint density at radius 2 is 1.84 bits per heavy atom. The largest absolute Gasteiger partial charge is 0.482 e. The van der Waals surface area contributed by atoms with Crippen LogP contribution in [0.3, 0.4) is 0 Å². The van der Waals surface area contributed by atoms with E-state index in [0.29, 0.717) is 6.61 Å². The van der Waals surface area contributed by atoms with Crippen molar-refractivity contribution < 1.29 is 14.6 Å². The van der Waals surface area contributed by atoms with Crippen LogP contribution in [0.25, 0.3) is 0 Å². The van der Waals surface area contributed by atoms with E-state index in [-0.39, 0.29) is 6.61 Å². The molecule has 25 heavy (non-hydrogen) atoms. The smallest absolute Gasteiger partial charge is 0.169 e. The molecule has 2 aliphatic heterocycles. The number of hydrogen-bond acceptors (Lipinski definition) is 6. The molecule has 1 saturated heterocycles. The molecule has 0 aliphatic carbocycles.